The van der Waals surface area contributed by atoms with Gasteiger partial charge in [-0.25, -0.2) is 4.39 Å². The molecule has 1 aromatic heterocycles. The van der Waals surface area contributed by atoms with E-state index in [0.29, 0.717) is 12.1 Å². The van der Waals surface area contributed by atoms with Gasteiger partial charge in [0.2, 0.25) is 0 Å². The SMILES string of the molecule is CCNC(c1cccc(OC)c1F)c1occc1C. The molecule has 0 amide bonds. The van der Waals surface area contributed by atoms with Crippen LogP contribution in [0.3, 0.4) is 0 Å². The monoisotopic (exact) mass is 263 g/mol. The summed E-state index contributed by atoms with van der Waals surface area (Å²) in [7, 11) is 1.46. The van der Waals surface area contributed by atoms with Crippen LogP contribution in [-0.2, 0) is 0 Å². The molecule has 4 heteroatoms. The summed E-state index contributed by atoms with van der Waals surface area (Å²) in [6.07, 6.45) is 1.62. The molecule has 3 nitrogen and oxygen atoms in total. The van der Waals surface area contributed by atoms with Crippen LogP contribution >= 0.6 is 0 Å². The van der Waals surface area contributed by atoms with Crippen molar-refractivity contribution in [3.05, 3.63) is 53.2 Å². The molecule has 0 saturated carbocycles. The second kappa shape index (κ2) is 5.89. The van der Waals surface area contributed by atoms with Crippen LogP contribution < -0.4 is 10.1 Å². The number of methoxy groups -OCH3 is 1. The lowest BCUT2D eigenvalue weighted by Crippen LogP contribution is -2.23. The molecule has 1 aromatic carbocycles. The van der Waals surface area contributed by atoms with Gasteiger partial charge >= 0.3 is 0 Å². The van der Waals surface area contributed by atoms with E-state index in [1.807, 2.05) is 19.9 Å². The van der Waals surface area contributed by atoms with Crippen molar-refractivity contribution >= 4 is 0 Å². The second-order valence-corrected chi connectivity index (χ2v) is 4.32. The minimum atomic E-state index is -0.355. The van der Waals surface area contributed by atoms with Crippen LogP contribution in [0.5, 0.6) is 5.75 Å². The molecular weight excluding hydrogens is 245 g/mol. The second-order valence-electron chi connectivity index (χ2n) is 4.32. The Hall–Kier alpha value is -1.81. The Morgan fingerprint density at radius 2 is 2.16 bits per heavy atom. The van der Waals surface area contributed by atoms with Crippen molar-refractivity contribution in [2.75, 3.05) is 13.7 Å². The predicted molar refractivity (Wildman–Crippen MR) is 71.9 cm³/mol. The molecule has 2 rings (SSSR count). The van der Waals surface area contributed by atoms with Gasteiger partial charge < -0.3 is 14.5 Å². The van der Waals surface area contributed by atoms with Crippen LogP contribution in [0.4, 0.5) is 4.39 Å². The maximum atomic E-state index is 14.4. The topological polar surface area (TPSA) is 34.4 Å². The van der Waals surface area contributed by atoms with Crippen LogP contribution in [0.25, 0.3) is 0 Å². The highest BCUT2D eigenvalue weighted by molar-refractivity contribution is 5.37. The number of furan rings is 1. The summed E-state index contributed by atoms with van der Waals surface area (Å²) in [5.41, 5.74) is 1.52. The first kappa shape index (κ1) is 13.6. The first-order valence-electron chi connectivity index (χ1n) is 6.28. The first-order valence-corrected chi connectivity index (χ1v) is 6.28. The first-order chi connectivity index (χ1) is 9.19. The molecule has 0 saturated heterocycles. The molecule has 102 valence electrons. The van der Waals surface area contributed by atoms with E-state index in [0.717, 1.165) is 11.3 Å². The fourth-order valence-electron chi connectivity index (χ4n) is 2.14. The minimum absolute atomic E-state index is 0.240. The summed E-state index contributed by atoms with van der Waals surface area (Å²) in [5, 5.41) is 3.24. The Labute approximate surface area is 112 Å². The van der Waals surface area contributed by atoms with Crippen molar-refractivity contribution in [1.82, 2.24) is 5.32 Å². The van der Waals surface area contributed by atoms with Gasteiger partial charge in [0, 0.05) is 5.56 Å². The van der Waals surface area contributed by atoms with Gasteiger partial charge in [-0.15, -0.1) is 0 Å². The summed E-state index contributed by atoms with van der Waals surface area (Å²) >= 11 is 0. The van der Waals surface area contributed by atoms with E-state index in [4.69, 9.17) is 9.15 Å². The van der Waals surface area contributed by atoms with Gasteiger partial charge in [-0.05, 0) is 31.2 Å². The third kappa shape index (κ3) is 2.63. The fraction of sp³-hybridized carbons (Fsp3) is 0.333. The van der Waals surface area contributed by atoms with Crippen molar-refractivity contribution < 1.29 is 13.5 Å². The summed E-state index contributed by atoms with van der Waals surface area (Å²) in [6.45, 7) is 4.63. The summed E-state index contributed by atoms with van der Waals surface area (Å²) < 4.78 is 24.9. The Bertz CT molecular complexity index is 551. The van der Waals surface area contributed by atoms with E-state index in [2.05, 4.69) is 5.32 Å². The zero-order chi connectivity index (χ0) is 13.8. The van der Waals surface area contributed by atoms with Crippen molar-refractivity contribution in [1.29, 1.82) is 0 Å². The lowest BCUT2D eigenvalue weighted by molar-refractivity contribution is 0.377. The van der Waals surface area contributed by atoms with Crippen LogP contribution in [-0.4, -0.2) is 13.7 Å². The van der Waals surface area contributed by atoms with Crippen molar-refractivity contribution in [3.8, 4) is 5.75 Å². The number of benzene rings is 1. The van der Waals surface area contributed by atoms with Crippen molar-refractivity contribution in [3.63, 3.8) is 0 Å². The summed E-state index contributed by atoms with van der Waals surface area (Å²) in [5.74, 6) is 0.616. The predicted octanol–water partition coefficient (Wildman–Crippen LogP) is 3.43. The molecule has 0 aliphatic rings. The van der Waals surface area contributed by atoms with Crippen molar-refractivity contribution in [2.24, 2.45) is 0 Å². The molecule has 0 fully saturated rings. The molecule has 1 N–H and O–H groups in total. The lowest BCUT2D eigenvalue weighted by Gasteiger charge is -2.18. The van der Waals surface area contributed by atoms with Crippen LogP contribution in [0.1, 0.15) is 29.9 Å². The van der Waals surface area contributed by atoms with E-state index < -0.39 is 0 Å². The third-order valence-corrected chi connectivity index (χ3v) is 3.10. The largest absolute Gasteiger partial charge is 0.494 e. The van der Waals surface area contributed by atoms with Crippen LogP contribution in [0.15, 0.2) is 34.9 Å². The van der Waals surface area contributed by atoms with E-state index in [9.17, 15) is 4.39 Å². The molecule has 0 aliphatic carbocycles. The van der Waals surface area contributed by atoms with E-state index in [1.54, 1.807) is 24.5 Å². The number of halogens is 1. The molecule has 1 unspecified atom stereocenters. The quantitative estimate of drug-likeness (QED) is 0.897. The molecule has 0 radical (unpaired) electrons. The highest BCUT2D eigenvalue weighted by Crippen LogP contribution is 2.31. The molecular formula is C15H18FNO2. The minimum Gasteiger partial charge on any atom is -0.494 e. The third-order valence-electron chi connectivity index (χ3n) is 3.10. The fourth-order valence-corrected chi connectivity index (χ4v) is 2.14. The normalized spacial score (nSPS) is 12.4. The number of nitrogens with one attached hydrogen (secondary N) is 1. The standard InChI is InChI=1S/C15H18FNO2/c1-4-17-14(15-10(2)8-9-19-15)11-6-5-7-12(18-3)13(11)16/h5-9,14,17H,4H2,1-3H3. The van der Waals surface area contributed by atoms with Crippen LogP contribution in [0.2, 0.25) is 0 Å². The van der Waals surface area contributed by atoms with Crippen molar-refractivity contribution in [2.45, 2.75) is 19.9 Å². The molecule has 1 atom stereocenters. The van der Waals surface area contributed by atoms with E-state index in [-0.39, 0.29) is 17.6 Å². The van der Waals surface area contributed by atoms with Gasteiger partial charge in [-0.1, -0.05) is 19.1 Å². The molecule has 0 bridgehead atoms. The molecule has 2 aromatic rings. The van der Waals surface area contributed by atoms with Gasteiger partial charge in [0.25, 0.3) is 0 Å². The van der Waals surface area contributed by atoms with E-state index >= 15 is 0 Å². The number of hydrogen-bond acceptors (Lipinski definition) is 3. The number of hydrogen-bond donors (Lipinski definition) is 1. The molecule has 19 heavy (non-hydrogen) atoms. The van der Waals surface area contributed by atoms with E-state index in [1.165, 1.54) is 7.11 Å². The molecule has 0 spiro atoms. The average molecular weight is 263 g/mol. The van der Waals surface area contributed by atoms with Gasteiger partial charge in [0.05, 0.1) is 19.4 Å². The Balaban J connectivity index is 2.48. The number of ether oxygens (including phenoxy) is 1. The maximum Gasteiger partial charge on any atom is 0.170 e. The molecule has 0 aliphatic heterocycles. The number of aryl methyl sites for hydroxylation is 1. The smallest absolute Gasteiger partial charge is 0.170 e. The number of rotatable bonds is 5. The van der Waals surface area contributed by atoms with Gasteiger partial charge in [-0.2, -0.15) is 0 Å². The summed E-state index contributed by atoms with van der Waals surface area (Å²) in [6, 6.07) is 6.69. The highest BCUT2D eigenvalue weighted by atomic mass is 19.1. The van der Waals surface area contributed by atoms with Gasteiger partial charge in [-0.3, -0.25) is 0 Å². The highest BCUT2D eigenvalue weighted by Gasteiger charge is 2.23. The maximum absolute atomic E-state index is 14.4. The Morgan fingerprint density at radius 1 is 1.37 bits per heavy atom. The lowest BCUT2D eigenvalue weighted by atomic mass is 10.0. The Morgan fingerprint density at radius 3 is 2.74 bits per heavy atom. The summed E-state index contributed by atoms with van der Waals surface area (Å²) in [4.78, 5) is 0. The van der Waals surface area contributed by atoms with Gasteiger partial charge in [0.1, 0.15) is 5.76 Å². The average Bonchev–Trinajstić information content (AvgIpc) is 2.83. The zero-order valence-electron chi connectivity index (χ0n) is 11.4. The Kier molecular flexibility index (Phi) is 4.22. The van der Waals surface area contributed by atoms with Gasteiger partial charge in [0.15, 0.2) is 11.6 Å². The zero-order valence-corrected chi connectivity index (χ0v) is 11.4. The molecule has 1 heterocycles. The van der Waals surface area contributed by atoms with Crippen LogP contribution in [0, 0.1) is 12.7 Å².